The lowest BCUT2D eigenvalue weighted by atomic mass is 9.82. The highest BCUT2D eigenvalue weighted by Crippen LogP contribution is 2.31. The van der Waals surface area contributed by atoms with Crippen LogP contribution in [0.1, 0.15) is 61.4 Å². The second-order valence-electron chi connectivity index (χ2n) is 6.47. The maximum absolute atomic E-state index is 12.6. The minimum absolute atomic E-state index is 0.129. The maximum atomic E-state index is 12.6. The van der Waals surface area contributed by atoms with Crippen molar-refractivity contribution in [1.29, 1.82) is 0 Å². The number of likely N-dealkylation sites (tertiary alicyclic amines) is 1. The number of carboxylic acid groups (broad SMARTS) is 1. The summed E-state index contributed by atoms with van der Waals surface area (Å²) < 4.78 is 5.62. The molecule has 1 aromatic rings. The molecule has 1 aliphatic rings. The zero-order valence-corrected chi connectivity index (χ0v) is 13.1. The van der Waals surface area contributed by atoms with E-state index < -0.39 is 11.4 Å². The van der Waals surface area contributed by atoms with Gasteiger partial charge in [-0.3, -0.25) is 9.59 Å². The number of aryl methyl sites for hydroxylation is 1. The first-order valence-corrected chi connectivity index (χ1v) is 7.37. The van der Waals surface area contributed by atoms with E-state index in [4.69, 9.17) is 4.42 Å². The lowest BCUT2D eigenvalue weighted by Crippen LogP contribution is -2.48. The Morgan fingerprint density at radius 1 is 1.43 bits per heavy atom. The number of aliphatic carboxylic acids is 1. The van der Waals surface area contributed by atoms with Crippen LogP contribution in [0.2, 0.25) is 0 Å². The van der Waals surface area contributed by atoms with E-state index in [0.717, 1.165) is 5.76 Å². The summed E-state index contributed by atoms with van der Waals surface area (Å²) in [6.45, 7) is 8.35. The van der Waals surface area contributed by atoms with Gasteiger partial charge < -0.3 is 14.4 Å². The molecule has 2 heterocycles. The van der Waals surface area contributed by atoms with Crippen molar-refractivity contribution in [3.63, 3.8) is 0 Å². The first-order valence-electron chi connectivity index (χ1n) is 7.37. The van der Waals surface area contributed by atoms with Crippen LogP contribution in [0.15, 0.2) is 10.5 Å². The summed E-state index contributed by atoms with van der Waals surface area (Å²) in [7, 11) is 0. The largest absolute Gasteiger partial charge is 0.481 e. The standard InChI is InChI=1S/C16H23NO4/c1-10(2)13-8-12(11(3)21-13)14(18)17-7-5-6-16(4,9-17)15(19)20/h8,10H,5-7,9H2,1-4H3,(H,19,20). The summed E-state index contributed by atoms with van der Waals surface area (Å²) in [4.78, 5) is 25.7. The van der Waals surface area contributed by atoms with E-state index in [9.17, 15) is 14.7 Å². The van der Waals surface area contributed by atoms with Crippen LogP contribution in [-0.2, 0) is 4.79 Å². The van der Waals surface area contributed by atoms with Gasteiger partial charge in [0.15, 0.2) is 0 Å². The molecule has 2 rings (SSSR count). The molecule has 21 heavy (non-hydrogen) atoms. The number of hydrogen-bond donors (Lipinski definition) is 1. The van der Waals surface area contributed by atoms with E-state index >= 15 is 0 Å². The molecule has 0 aliphatic carbocycles. The number of piperidine rings is 1. The van der Waals surface area contributed by atoms with E-state index in [1.807, 2.05) is 13.8 Å². The Labute approximate surface area is 124 Å². The Hall–Kier alpha value is -1.78. The number of nitrogens with zero attached hydrogens (tertiary/aromatic N) is 1. The van der Waals surface area contributed by atoms with E-state index in [1.165, 1.54) is 0 Å². The average Bonchev–Trinajstić information content (AvgIpc) is 2.80. The molecule has 1 saturated heterocycles. The maximum Gasteiger partial charge on any atom is 0.311 e. The number of carbonyl (C=O) groups excluding carboxylic acids is 1. The number of amides is 1. The van der Waals surface area contributed by atoms with Crippen LogP contribution in [-0.4, -0.2) is 35.0 Å². The number of rotatable bonds is 3. The van der Waals surface area contributed by atoms with Crippen molar-refractivity contribution in [2.45, 2.75) is 46.5 Å². The third-order valence-corrected chi connectivity index (χ3v) is 4.24. The minimum atomic E-state index is -0.855. The van der Waals surface area contributed by atoms with Crippen molar-refractivity contribution in [3.05, 3.63) is 23.2 Å². The van der Waals surface area contributed by atoms with Crippen molar-refractivity contribution < 1.29 is 19.1 Å². The number of carboxylic acids is 1. The van der Waals surface area contributed by atoms with E-state index in [2.05, 4.69) is 0 Å². The van der Waals surface area contributed by atoms with Crippen molar-refractivity contribution in [2.24, 2.45) is 5.41 Å². The summed E-state index contributed by atoms with van der Waals surface area (Å²) in [6.07, 6.45) is 1.32. The molecule has 1 aromatic heterocycles. The molecule has 1 N–H and O–H groups in total. The zero-order valence-electron chi connectivity index (χ0n) is 13.1. The molecule has 0 saturated carbocycles. The summed E-state index contributed by atoms with van der Waals surface area (Å²) in [6, 6.07) is 1.79. The van der Waals surface area contributed by atoms with Crippen LogP contribution >= 0.6 is 0 Å². The topological polar surface area (TPSA) is 70.8 Å². The molecule has 1 unspecified atom stereocenters. The zero-order chi connectivity index (χ0) is 15.8. The fourth-order valence-electron chi connectivity index (χ4n) is 2.76. The molecular weight excluding hydrogens is 270 g/mol. The SMILES string of the molecule is Cc1oc(C(C)C)cc1C(=O)N1CCCC(C)(C(=O)O)C1. The number of hydrogen-bond acceptors (Lipinski definition) is 3. The van der Waals surface area contributed by atoms with Crippen LogP contribution in [0.25, 0.3) is 0 Å². The highest BCUT2D eigenvalue weighted by atomic mass is 16.4. The molecule has 0 spiro atoms. The van der Waals surface area contributed by atoms with Crippen LogP contribution in [0.4, 0.5) is 0 Å². The second kappa shape index (κ2) is 5.54. The van der Waals surface area contributed by atoms with Gasteiger partial charge in [-0.05, 0) is 32.8 Å². The highest BCUT2D eigenvalue weighted by molar-refractivity contribution is 5.95. The van der Waals surface area contributed by atoms with Gasteiger partial charge >= 0.3 is 5.97 Å². The van der Waals surface area contributed by atoms with E-state index in [0.29, 0.717) is 30.7 Å². The Morgan fingerprint density at radius 3 is 2.62 bits per heavy atom. The molecule has 0 bridgehead atoms. The van der Waals surface area contributed by atoms with Gasteiger partial charge in [0.2, 0.25) is 0 Å². The predicted molar refractivity (Wildman–Crippen MR) is 78.4 cm³/mol. The molecule has 1 aliphatic heterocycles. The van der Waals surface area contributed by atoms with Crippen molar-refractivity contribution >= 4 is 11.9 Å². The minimum Gasteiger partial charge on any atom is -0.481 e. The molecule has 0 aromatic carbocycles. The van der Waals surface area contributed by atoms with Crippen LogP contribution in [0.5, 0.6) is 0 Å². The lowest BCUT2D eigenvalue weighted by molar-refractivity contribution is -0.150. The molecular formula is C16H23NO4. The first kappa shape index (κ1) is 15.6. The molecule has 116 valence electrons. The Balaban J connectivity index is 2.22. The normalized spacial score (nSPS) is 22.6. The Kier molecular flexibility index (Phi) is 4.12. The third-order valence-electron chi connectivity index (χ3n) is 4.24. The molecule has 1 amide bonds. The van der Waals surface area contributed by atoms with Crippen LogP contribution in [0, 0.1) is 12.3 Å². The van der Waals surface area contributed by atoms with Gasteiger partial charge in [-0.1, -0.05) is 13.8 Å². The molecule has 1 atom stereocenters. The van der Waals surface area contributed by atoms with Crippen LogP contribution in [0.3, 0.4) is 0 Å². The van der Waals surface area contributed by atoms with Gasteiger partial charge in [-0.2, -0.15) is 0 Å². The number of carbonyl (C=O) groups is 2. The fraction of sp³-hybridized carbons (Fsp3) is 0.625. The van der Waals surface area contributed by atoms with Gasteiger partial charge in [-0.15, -0.1) is 0 Å². The van der Waals surface area contributed by atoms with Gasteiger partial charge in [0.1, 0.15) is 11.5 Å². The predicted octanol–water partition coefficient (Wildman–Crippen LogP) is 3.04. The Bertz CT molecular complexity index is 561. The third kappa shape index (κ3) is 2.96. The first-order chi connectivity index (χ1) is 9.74. The molecule has 0 radical (unpaired) electrons. The molecule has 5 nitrogen and oxygen atoms in total. The van der Waals surface area contributed by atoms with Gasteiger partial charge in [0.05, 0.1) is 11.0 Å². The molecule has 1 fully saturated rings. The Morgan fingerprint density at radius 2 is 2.10 bits per heavy atom. The summed E-state index contributed by atoms with van der Waals surface area (Å²) in [5.41, 5.74) is -0.305. The van der Waals surface area contributed by atoms with Gasteiger partial charge in [0.25, 0.3) is 5.91 Å². The smallest absolute Gasteiger partial charge is 0.311 e. The van der Waals surface area contributed by atoms with E-state index in [-0.39, 0.29) is 18.4 Å². The quantitative estimate of drug-likeness (QED) is 0.930. The monoisotopic (exact) mass is 293 g/mol. The summed E-state index contributed by atoms with van der Waals surface area (Å²) in [5.74, 6) is 0.637. The van der Waals surface area contributed by atoms with Crippen molar-refractivity contribution in [1.82, 2.24) is 4.90 Å². The second-order valence-corrected chi connectivity index (χ2v) is 6.47. The van der Waals surface area contributed by atoms with Crippen molar-refractivity contribution in [2.75, 3.05) is 13.1 Å². The fourth-order valence-corrected chi connectivity index (χ4v) is 2.76. The highest BCUT2D eigenvalue weighted by Gasteiger charge is 2.40. The lowest BCUT2D eigenvalue weighted by Gasteiger charge is -2.37. The van der Waals surface area contributed by atoms with Crippen molar-refractivity contribution in [3.8, 4) is 0 Å². The van der Waals surface area contributed by atoms with E-state index in [1.54, 1.807) is 24.8 Å². The summed E-state index contributed by atoms with van der Waals surface area (Å²) >= 11 is 0. The van der Waals surface area contributed by atoms with Gasteiger partial charge in [-0.25, -0.2) is 0 Å². The number of furan rings is 1. The molecule has 5 heteroatoms. The average molecular weight is 293 g/mol. The van der Waals surface area contributed by atoms with Crippen LogP contribution < -0.4 is 0 Å². The van der Waals surface area contributed by atoms with Gasteiger partial charge in [0, 0.05) is 19.0 Å². The summed E-state index contributed by atoms with van der Waals surface area (Å²) in [5, 5.41) is 9.34.